The van der Waals surface area contributed by atoms with Crippen molar-refractivity contribution in [3.63, 3.8) is 0 Å². The van der Waals surface area contributed by atoms with E-state index in [2.05, 4.69) is 162 Å². The van der Waals surface area contributed by atoms with Gasteiger partial charge in [-0.1, -0.05) is 102 Å². The summed E-state index contributed by atoms with van der Waals surface area (Å²) in [7, 11) is 2.06. The van der Waals surface area contributed by atoms with Crippen LogP contribution in [0.1, 0.15) is 0 Å². The summed E-state index contributed by atoms with van der Waals surface area (Å²) < 4.78 is 4.40. The minimum absolute atomic E-state index is 0. The first-order chi connectivity index (χ1) is 23.2. The van der Waals surface area contributed by atoms with Gasteiger partial charge in [0.05, 0.1) is 22.6 Å². The third-order valence-corrected chi connectivity index (χ3v) is 8.95. The van der Waals surface area contributed by atoms with Crippen molar-refractivity contribution in [1.29, 1.82) is 0 Å². The van der Waals surface area contributed by atoms with E-state index in [1.165, 1.54) is 16.5 Å². The van der Waals surface area contributed by atoms with Crippen molar-refractivity contribution in [2.75, 3.05) is 0 Å². The molecule has 5 heteroatoms. The minimum Gasteiger partial charge on any atom is -0.367 e. The van der Waals surface area contributed by atoms with Gasteiger partial charge >= 0.3 is 21.1 Å². The number of aryl methyl sites for hydroxylation is 1. The molecule has 0 bridgehead atoms. The van der Waals surface area contributed by atoms with Crippen LogP contribution in [0.3, 0.4) is 0 Å². The third kappa shape index (κ3) is 5.06. The van der Waals surface area contributed by atoms with E-state index in [1.54, 1.807) is 0 Å². The Labute approximate surface area is 293 Å². The second-order valence-electron chi connectivity index (χ2n) is 11.8. The predicted molar refractivity (Wildman–Crippen MR) is 192 cm³/mol. The van der Waals surface area contributed by atoms with Crippen molar-refractivity contribution in [3.05, 3.63) is 164 Å². The maximum Gasteiger partial charge on any atom is 2.00 e. The minimum atomic E-state index is 0. The molecule has 0 aliphatic carbocycles. The van der Waals surface area contributed by atoms with E-state index in [0.29, 0.717) is 0 Å². The number of rotatable bonds is 5. The molecule has 0 saturated heterocycles. The van der Waals surface area contributed by atoms with E-state index >= 15 is 0 Å². The molecule has 0 radical (unpaired) electrons. The summed E-state index contributed by atoms with van der Waals surface area (Å²) in [5, 5.41) is 2.31. The van der Waals surface area contributed by atoms with Crippen molar-refractivity contribution in [3.8, 4) is 50.7 Å². The first-order valence-electron chi connectivity index (χ1n) is 15.7. The monoisotopic (exact) mass is 795 g/mol. The molecule has 0 unspecified atom stereocenters. The number of para-hydroxylation sites is 3. The summed E-state index contributed by atoms with van der Waals surface area (Å²) in [6, 6.07) is 60.0. The molecule has 6 aromatic carbocycles. The summed E-state index contributed by atoms with van der Waals surface area (Å²) >= 11 is 0. The van der Waals surface area contributed by atoms with Gasteiger partial charge in [0.1, 0.15) is 0 Å². The van der Waals surface area contributed by atoms with E-state index in [0.717, 1.165) is 67.0 Å². The molecule has 0 saturated carbocycles. The third-order valence-electron chi connectivity index (χ3n) is 8.95. The van der Waals surface area contributed by atoms with E-state index < -0.39 is 0 Å². The molecule has 9 rings (SSSR count). The van der Waals surface area contributed by atoms with Crippen LogP contribution in [0.2, 0.25) is 0 Å². The number of aromatic nitrogens is 4. The number of hydrogen-bond donors (Lipinski definition) is 0. The van der Waals surface area contributed by atoms with E-state index in [9.17, 15) is 0 Å². The summed E-state index contributed by atoms with van der Waals surface area (Å²) in [6.07, 6.45) is 0. The SMILES string of the molecule is Cn1c(-c2[c-]c3c(cc2)c2ccccc2n3-c2[c-]c(-c3cccc(-c4ccc(-c5ccccc5)cc4)n3)ccc2)nc2ccccc21.[Pt+2]. The smallest absolute Gasteiger partial charge is 0.367 e. The fourth-order valence-corrected chi connectivity index (χ4v) is 6.61. The van der Waals surface area contributed by atoms with Gasteiger partial charge in [-0.15, -0.1) is 53.6 Å². The molecule has 48 heavy (non-hydrogen) atoms. The van der Waals surface area contributed by atoms with E-state index in [-0.39, 0.29) is 21.1 Å². The van der Waals surface area contributed by atoms with Gasteiger partial charge in [0.25, 0.3) is 0 Å². The first kappa shape index (κ1) is 29.8. The number of pyridine rings is 1. The molecule has 0 aliphatic rings. The Morgan fingerprint density at radius 3 is 2.00 bits per heavy atom. The number of fused-ring (bicyclic) bond motifs is 4. The van der Waals surface area contributed by atoms with Crippen LogP contribution in [0, 0.1) is 12.1 Å². The normalized spacial score (nSPS) is 11.3. The van der Waals surface area contributed by atoms with Gasteiger partial charge in [-0.3, -0.25) is 9.97 Å². The van der Waals surface area contributed by atoms with E-state index in [1.807, 2.05) is 18.2 Å². The van der Waals surface area contributed by atoms with Crippen LogP contribution in [0.15, 0.2) is 152 Å². The van der Waals surface area contributed by atoms with Crippen molar-refractivity contribution in [1.82, 2.24) is 19.1 Å². The largest absolute Gasteiger partial charge is 2.00 e. The molecule has 230 valence electrons. The van der Waals surface area contributed by atoms with Crippen LogP contribution in [-0.4, -0.2) is 19.1 Å². The Hall–Kier alpha value is -5.57. The Balaban J connectivity index is 0.00000336. The second kappa shape index (κ2) is 12.2. The fraction of sp³-hybridized carbons (Fsp3) is 0.0233. The Bertz CT molecular complexity index is 2580. The Morgan fingerprint density at radius 1 is 0.479 bits per heavy atom. The second-order valence-corrected chi connectivity index (χ2v) is 11.8. The van der Waals surface area contributed by atoms with Crippen LogP contribution >= 0.6 is 0 Å². The molecular formula is C43H28N4Pt. The number of benzene rings is 6. The molecule has 0 aliphatic heterocycles. The van der Waals surface area contributed by atoms with Crippen molar-refractivity contribution in [2.45, 2.75) is 0 Å². The average molecular weight is 796 g/mol. The number of imidazole rings is 1. The van der Waals surface area contributed by atoms with Gasteiger partial charge in [0.2, 0.25) is 0 Å². The van der Waals surface area contributed by atoms with Gasteiger partial charge in [-0.05, 0) is 63.2 Å². The Kier molecular flexibility index (Phi) is 7.59. The van der Waals surface area contributed by atoms with Gasteiger partial charge in [0, 0.05) is 12.6 Å². The fourth-order valence-electron chi connectivity index (χ4n) is 6.61. The average Bonchev–Trinajstić information content (AvgIpc) is 3.66. The molecule has 3 heterocycles. The van der Waals surface area contributed by atoms with Gasteiger partial charge in [-0.25, -0.2) is 0 Å². The summed E-state index contributed by atoms with van der Waals surface area (Å²) in [4.78, 5) is 10.0. The number of nitrogens with zero attached hydrogens (tertiary/aromatic N) is 4. The van der Waals surface area contributed by atoms with Crippen LogP contribution in [-0.2, 0) is 28.1 Å². The molecule has 0 amide bonds. The molecule has 4 nitrogen and oxygen atoms in total. The Morgan fingerprint density at radius 2 is 1.17 bits per heavy atom. The standard InChI is InChI=1S/C43H28N4.Pt/c1-46-41-20-8-6-16-39(41)45-43(46)33-25-26-36-35-15-5-7-19-40(35)47(42(36)28-33)34-14-9-13-32(27-34)38-18-10-17-37(44-38)31-23-21-30(22-24-31)29-11-3-2-4-12-29;/h2-26H,1H3;/q-2;+2. The van der Waals surface area contributed by atoms with Crippen molar-refractivity contribution < 1.29 is 21.1 Å². The maximum atomic E-state index is 5.09. The molecule has 9 aromatic rings. The van der Waals surface area contributed by atoms with E-state index in [4.69, 9.17) is 9.97 Å². The van der Waals surface area contributed by atoms with Gasteiger partial charge in [0.15, 0.2) is 0 Å². The van der Waals surface area contributed by atoms with Crippen LogP contribution in [0.25, 0.3) is 83.6 Å². The zero-order valence-corrected chi connectivity index (χ0v) is 28.3. The molecular weight excluding hydrogens is 768 g/mol. The topological polar surface area (TPSA) is 35.6 Å². The summed E-state index contributed by atoms with van der Waals surface area (Å²) in [5.74, 6) is 0.889. The quantitative estimate of drug-likeness (QED) is 0.163. The van der Waals surface area contributed by atoms with Crippen molar-refractivity contribution in [2.24, 2.45) is 7.05 Å². The van der Waals surface area contributed by atoms with Gasteiger partial charge < -0.3 is 9.13 Å². The predicted octanol–water partition coefficient (Wildman–Crippen LogP) is 10.3. The number of hydrogen-bond acceptors (Lipinski definition) is 2. The zero-order valence-electron chi connectivity index (χ0n) is 26.0. The maximum absolute atomic E-state index is 5.09. The van der Waals surface area contributed by atoms with Gasteiger partial charge in [-0.2, -0.15) is 0 Å². The molecule has 0 spiro atoms. The van der Waals surface area contributed by atoms with Crippen LogP contribution in [0.5, 0.6) is 0 Å². The van der Waals surface area contributed by atoms with Crippen LogP contribution in [0.4, 0.5) is 0 Å². The van der Waals surface area contributed by atoms with Crippen LogP contribution < -0.4 is 0 Å². The van der Waals surface area contributed by atoms with Crippen molar-refractivity contribution >= 4 is 32.8 Å². The molecule has 0 N–H and O–H groups in total. The molecule has 0 fully saturated rings. The molecule has 3 aromatic heterocycles. The summed E-state index contributed by atoms with van der Waals surface area (Å²) in [6.45, 7) is 0. The summed E-state index contributed by atoms with van der Waals surface area (Å²) in [5.41, 5.74) is 12.3. The molecule has 0 atom stereocenters. The zero-order chi connectivity index (χ0) is 31.3. The first-order valence-corrected chi connectivity index (χ1v) is 15.7.